The van der Waals surface area contributed by atoms with Crippen LogP contribution in [-0.2, 0) is 4.74 Å². The van der Waals surface area contributed by atoms with Gasteiger partial charge in [0.2, 0.25) is 0 Å². The van der Waals surface area contributed by atoms with E-state index in [1.54, 1.807) is 11.3 Å². The van der Waals surface area contributed by atoms with Crippen molar-refractivity contribution in [3.05, 3.63) is 21.9 Å². The highest BCUT2D eigenvalue weighted by atomic mass is 32.1. The molecule has 0 amide bonds. The first-order chi connectivity index (χ1) is 6.79. The van der Waals surface area contributed by atoms with Crippen molar-refractivity contribution in [2.45, 2.75) is 26.8 Å². The van der Waals surface area contributed by atoms with Crippen LogP contribution in [0, 0.1) is 6.92 Å². The van der Waals surface area contributed by atoms with E-state index in [1.165, 1.54) is 10.4 Å². The summed E-state index contributed by atoms with van der Waals surface area (Å²) in [6.07, 6.45) is 0. The summed E-state index contributed by atoms with van der Waals surface area (Å²) in [7, 11) is 0. The first-order valence-corrected chi connectivity index (χ1v) is 6.02. The van der Waals surface area contributed by atoms with Crippen LogP contribution in [0.15, 0.2) is 11.4 Å². The molecule has 3 heteroatoms. The Balaban J connectivity index is 2.62. The molecule has 1 heterocycles. The van der Waals surface area contributed by atoms with Crippen LogP contribution in [-0.4, -0.2) is 19.8 Å². The van der Waals surface area contributed by atoms with Gasteiger partial charge in [-0.15, -0.1) is 11.3 Å². The summed E-state index contributed by atoms with van der Waals surface area (Å²) in [5, 5.41) is 5.58. The van der Waals surface area contributed by atoms with Crippen molar-refractivity contribution >= 4 is 11.3 Å². The fraction of sp³-hybridized carbons (Fsp3) is 0.636. The summed E-state index contributed by atoms with van der Waals surface area (Å²) in [4.78, 5) is 1.38. The van der Waals surface area contributed by atoms with Crippen LogP contribution in [0.4, 0.5) is 0 Å². The van der Waals surface area contributed by atoms with Gasteiger partial charge >= 0.3 is 0 Å². The Morgan fingerprint density at radius 3 is 2.79 bits per heavy atom. The van der Waals surface area contributed by atoms with E-state index in [4.69, 9.17) is 4.74 Å². The maximum Gasteiger partial charge on any atom is 0.0661 e. The van der Waals surface area contributed by atoms with Crippen molar-refractivity contribution in [2.24, 2.45) is 0 Å². The first kappa shape index (κ1) is 11.7. The maximum absolute atomic E-state index is 5.47. The van der Waals surface area contributed by atoms with E-state index >= 15 is 0 Å². The lowest BCUT2D eigenvalue weighted by molar-refractivity contribution is 0.123. The van der Waals surface area contributed by atoms with Crippen molar-refractivity contribution in [3.63, 3.8) is 0 Å². The Labute approximate surface area is 90.3 Å². The van der Waals surface area contributed by atoms with Crippen LogP contribution < -0.4 is 5.32 Å². The number of aryl methyl sites for hydroxylation is 1. The van der Waals surface area contributed by atoms with E-state index < -0.39 is 0 Å². The molecule has 0 aromatic carbocycles. The molecular formula is C11H19NOS. The Hall–Kier alpha value is -0.380. The lowest BCUT2D eigenvalue weighted by Crippen LogP contribution is -2.25. The van der Waals surface area contributed by atoms with Crippen LogP contribution in [0.5, 0.6) is 0 Å². The van der Waals surface area contributed by atoms with E-state index in [-0.39, 0.29) is 0 Å². The predicted molar refractivity (Wildman–Crippen MR) is 62.0 cm³/mol. The lowest BCUT2D eigenvalue weighted by Gasteiger charge is -2.17. The molecule has 0 aliphatic rings. The minimum absolute atomic E-state index is 0.353. The second kappa shape index (κ2) is 6.17. The van der Waals surface area contributed by atoms with Crippen LogP contribution in [0.1, 0.15) is 30.3 Å². The molecule has 1 atom stereocenters. The molecule has 2 nitrogen and oxygen atoms in total. The number of rotatable bonds is 6. The molecule has 0 fully saturated rings. The first-order valence-electron chi connectivity index (χ1n) is 5.14. The van der Waals surface area contributed by atoms with Crippen LogP contribution in [0.2, 0.25) is 0 Å². The van der Waals surface area contributed by atoms with Gasteiger partial charge < -0.3 is 10.1 Å². The Morgan fingerprint density at radius 2 is 2.29 bits per heavy atom. The fourth-order valence-corrected chi connectivity index (χ4v) is 2.26. The van der Waals surface area contributed by atoms with Gasteiger partial charge in [-0.2, -0.15) is 0 Å². The molecule has 0 radical (unpaired) electrons. The largest absolute Gasteiger partial charge is 0.380 e. The predicted octanol–water partition coefficient (Wildman–Crippen LogP) is 2.74. The van der Waals surface area contributed by atoms with Gasteiger partial charge in [0.15, 0.2) is 0 Å². The van der Waals surface area contributed by atoms with E-state index in [0.717, 1.165) is 19.8 Å². The van der Waals surface area contributed by atoms with E-state index in [9.17, 15) is 0 Å². The zero-order chi connectivity index (χ0) is 10.4. The molecule has 1 rings (SSSR count). The molecule has 1 aromatic rings. The highest BCUT2D eigenvalue weighted by Gasteiger charge is 2.12. The monoisotopic (exact) mass is 213 g/mol. The van der Waals surface area contributed by atoms with Gasteiger partial charge in [-0.05, 0) is 37.4 Å². The zero-order valence-corrected chi connectivity index (χ0v) is 9.99. The third-order valence-electron chi connectivity index (χ3n) is 2.21. The molecule has 1 unspecified atom stereocenters. The summed E-state index contributed by atoms with van der Waals surface area (Å²) >= 11 is 1.80. The minimum Gasteiger partial charge on any atom is -0.380 e. The average molecular weight is 213 g/mol. The van der Waals surface area contributed by atoms with E-state index in [1.807, 2.05) is 6.92 Å². The number of hydrogen-bond acceptors (Lipinski definition) is 3. The van der Waals surface area contributed by atoms with Crippen LogP contribution >= 0.6 is 11.3 Å². The third-order valence-corrected chi connectivity index (χ3v) is 3.07. The molecular weight excluding hydrogens is 194 g/mol. The summed E-state index contributed by atoms with van der Waals surface area (Å²) < 4.78 is 5.47. The van der Waals surface area contributed by atoms with Gasteiger partial charge in [-0.1, -0.05) is 6.92 Å². The standard InChI is InChI=1S/C11H19NOS/c1-4-12-11(8-13-5-2)10-6-7-14-9(10)3/h6-7,11-12H,4-5,8H2,1-3H3. The van der Waals surface area contributed by atoms with Crippen molar-refractivity contribution < 1.29 is 4.74 Å². The quantitative estimate of drug-likeness (QED) is 0.784. The van der Waals surface area contributed by atoms with Crippen LogP contribution in [0.3, 0.4) is 0 Å². The van der Waals surface area contributed by atoms with Crippen molar-refractivity contribution in [1.82, 2.24) is 5.32 Å². The number of thiophene rings is 1. The molecule has 0 aliphatic carbocycles. The van der Waals surface area contributed by atoms with Crippen molar-refractivity contribution in [3.8, 4) is 0 Å². The molecule has 1 aromatic heterocycles. The highest BCUT2D eigenvalue weighted by Crippen LogP contribution is 2.22. The molecule has 14 heavy (non-hydrogen) atoms. The second-order valence-electron chi connectivity index (χ2n) is 3.20. The van der Waals surface area contributed by atoms with E-state index in [0.29, 0.717) is 6.04 Å². The van der Waals surface area contributed by atoms with Crippen molar-refractivity contribution in [1.29, 1.82) is 0 Å². The average Bonchev–Trinajstić information content (AvgIpc) is 2.59. The maximum atomic E-state index is 5.47. The molecule has 80 valence electrons. The normalized spacial score (nSPS) is 13.1. The summed E-state index contributed by atoms with van der Waals surface area (Å²) in [5.74, 6) is 0. The molecule has 0 aliphatic heterocycles. The summed E-state index contributed by atoms with van der Waals surface area (Å²) in [5.41, 5.74) is 1.38. The number of ether oxygens (including phenoxy) is 1. The number of nitrogens with one attached hydrogen (secondary N) is 1. The topological polar surface area (TPSA) is 21.3 Å². The lowest BCUT2D eigenvalue weighted by atomic mass is 10.1. The Kier molecular flexibility index (Phi) is 5.15. The Bertz CT molecular complexity index is 260. The van der Waals surface area contributed by atoms with Gasteiger partial charge in [0.25, 0.3) is 0 Å². The van der Waals surface area contributed by atoms with Gasteiger partial charge in [-0.25, -0.2) is 0 Å². The van der Waals surface area contributed by atoms with Gasteiger partial charge in [0.1, 0.15) is 0 Å². The summed E-state index contributed by atoms with van der Waals surface area (Å²) in [6.45, 7) is 8.85. The van der Waals surface area contributed by atoms with Crippen LogP contribution in [0.25, 0.3) is 0 Å². The molecule has 0 saturated heterocycles. The van der Waals surface area contributed by atoms with Gasteiger partial charge in [0.05, 0.1) is 12.6 Å². The molecule has 1 N–H and O–H groups in total. The molecule has 0 spiro atoms. The highest BCUT2D eigenvalue weighted by molar-refractivity contribution is 7.10. The number of hydrogen-bond donors (Lipinski definition) is 1. The summed E-state index contributed by atoms with van der Waals surface area (Å²) in [6, 6.07) is 2.54. The second-order valence-corrected chi connectivity index (χ2v) is 4.32. The Morgan fingerprint density at radius 1 is 1.50 bits per heavy atom. The third kappa shape index (κ3) is 3.08. The van der Waals surface area contributed by atoms with Gasteiger partial charge in [-0.3, -0.25) is 0 Å². The van der Waals surface area contributed by atoms with Gasteiger partial charge in [0, 0.05) is 11.5 Å². The van der Waals surface area contributed by atoms with E-state index in [2.05, 4.69) is 30.6 Å². The number of likely N-dealkylation sites (N-methyl/N-ethyl adjacent to an activating group) is 1. The molecule has 0 saturated carbocycles. The van der Waals surface area contributed by atoms with Crippen molar-refractivity contribution in [2.75, 3.05) is 19.8 Å². The SMILES string of the molecule is CCNC(COCC)c1ccsc1C. The zero-order valence-electron chi connectivity index (χ0n) is 9.17. The minimum atomic E-state index is 0.353. The molecule has 0 bridgehead atoms. The smallest absolute Gasteiger partial charge is 0.0661 e. The fourth-order valence-electron chi connectivity index (χ4n) is 1.50.